The second-order valence-corrected chi connectivity index (χ2v) is 4.30. The van der Waals surface area contributed by atoms with Crippen molar-refractivity contribution >= 4 is 16.7 Å². The number of ether oxygens (including phenoxy) is 1. The maximum absolute atomic E-state index is 11.9. The van der Waals surface area contributed by atoms with Crippen LogP contribution >= 0.6 is 0 Å². The maximum Gasteiger partial charge on any atom is 0.188 e. The van der Waals surface area contributed by atoms with Gasteiger partial charge in [0.2, 0.25) is 0 Å². The maximum atomic E-state index is 11.9. The Morgan fingerprint density at radius 3 is 3.11 bits per heavy atom. The lowest BCUT2D eigenvalue weighted by molar-refractivity contribution is 0.104. The van der Waals surface area contributed by atoms with Gasteiger partial charge in [0.15, 0.2) is 5.78 Å². The van der Waals surface area contributed by atoms with Crippen molar-refractivity contribution in [2.24, 2.45) is 0 Å². The van der Waals surface area contributed by atoms with Crippen LogP contribution in [0.1, 0.15) is 30.1 Å². The average molecular weight is 255 g/mol. The number of aromatic nitrogens is 1. The number of ketones is 1. The minimum atomic E-state index is -0.0535. The van der Waals surface area contributed by atoms with Gasteiger partial charge in [0, 0.05) is 23.2 Å². The predicted octanol–water partition coefficient (Wildman–Crippen LogP) is 3.75. The van der Waals surface area contributed by atoms with Crippen LogP contribution < -0.4 is 0 Å². The van der Waals surface area contributed by atoms with Gasteiger partial charge < -0.3 is 4.74 Å². The molecule has 0 radical (unpaired) electrons. The molecule has 0 unspecified atom stereocenters. The molecular weight excluding hydrogens is 238 g/mol. The highest BCUT2D eigenvalue weighted by Crippen LogP contribution is 2.14. The van der Waals surface area contributed by atoms with E-state index in [4.69, 9.17) is 4.74 Å². The zero-order valence-corrected chi connectivity index (χ0v) is 11.0. The Morgan fingerprint density at radius 1 is 1.37 bits per heavy atom. The van der Waals surface area contributed by atoms with Crippen molar-refractivity contribution in [3.05, 3.63) is 54.4 Å². The molecule has 3 heteroatoms. The topological polar surface area (TPSA) is 39.2 Å². The van der Waals surface area contributed by atoms with E-state index in [2.05, 4.69) is 11.9 Å². The van der Waals surface area contributed by atoms with Crippen LogP contribution in [0.25, 0.3) is 10.9 Å². The van der Waals surface area contributed by atoms with E-state index in [1.54, 1.807) is 12.3 Å². The zero-order chi connectivity index (χ0) is 13.5. The van der Waals surface area contributed by atoms with Crippen molar-refractivity contribution in [2.75, 3.05) is 6.61 Å². The second-order valence-electron chi connectivity index (χ2n) is 4.30. The zero-order valence-electron chi connectivity index (χ0n) is 11.0. The third-order valence-electron chi connectivity index (χ3n) is 2.82. The number of pyridine rings is 1. The molecule has 0 saturated heterocycles. The van der Waals surface area contributed by atoms with E-state index in [9.17, 15) is 4.79 Å². The quantitative estimate of drug-likeness (QED) is 0.341. The summed E-state index contributed by atoms with van der Waals surface area (Å²) >= 11 is 0. The summed E-state index contributed by atoms with van der Waals surface area (Å²) in [5, 5.41) is 0.966. The Balaban J connectivity index is 2.04. The molecule has 98 valence electrons. The number of allylic oxidation sites excluding steroid dienone is 1. The average Bonchev–Trinajstić information content (AvgIpc) is 2.46. The summed E-state index contributed by atoms with van der Waals surface area (Å²) in [5.41, 5.74) is 1.54. The Kier molecular flexibility index (Phi) is 4.67. The fraction of sp³-hybridized carbons (Fsp3) is 0.250. The van der Waals surface area contributed by atoms with Crippen molar-refractivity contribution in [3.63, 3.8) is 0 Å². The van der Waals surface area contributed by atoms with Gasteiger partial charge in [-0.3, -0.25) is 9.78 Å². The van der Waals surface area contributed by atoms with Gasteiger partial charge in [0.25, 0.3) is 0 Å². The number of benzene rings is 1. The highest BCUT2D eigenvalue weighted by atomic mass is 16.5. The largest absolute Gasteiger partial charge is 0.501 e. The molecular formula is C16H17NO2. The molecule has 0 amide bonds. The standard InChI is InChI=1S/C16H17NO2/c1-2-3-10-19-11-8-16(18)14-6-7-15-13(12-14)5-4-9-17-15/h4-9,11-12H,2-3,10H2,1H3/b11-8+. The lowest BCUT2D eigenvalue weighted by Gasteiger charge is -2.00. The summed E-state index contributed by atoms with van der Waals surface area (Å²) in [5.74, 6) is -0.0535. The molecule has 0 saturated carbocycles. The Bertz CT molecular complexity index is 590. The van der Waals surface area contributed by atoms with Crippen molar-refractivity contribution in [1.82, 2.24) is 4.98 Å². The highest BCUT2D eigenvalue weighted by Gasteiger charge is 2.03. The van der Waals surface area contributed by atoms with E-state index in [-0.39, 0.29) is 5.78 Å². The molecule has 0 aliphatic rings. The van der Waals surface area contributed by atoms with Crippen LogP contribution in [0.15, 0.2) is 48.9 Å². The van der Waals surface area contributed by atoms with Crippen molar-refractivity contribution in [2.45, 2.75) is 19.8 Å². The molecule has 0 N–H and O–H groups in total. The first-order valence-electron chi connectivity index (χ1n) is 6.48. The predicted molar refractivity (Wildman–Crippen MR) is 76.1 cm³/mol. The summed E-state index contributed by atoms with van der Waals surface area (Å²) in [6.45, 7) is 2.75. The molecule has 1 aromatic heterocycles. The first-order valence-corrected chi connectivity index (χ1v) is 6.48. The van der Waals surface area contributed by atoms with Gasteiger partial charge in [-0.15, -0.1) is 0 Å². The molecule has 0 aliphatic heterocycles. The van der Waals surface area contributed by atoms with Gasteiger partial charge in [-0.25, -0.2) is 0 Å². The Morgan fingerprint density at radius 2 is 2.26 bits per heavy atom. The normalized spacial score (nSPS) is 11.0. The van der Waals surface area contributed by atoms with Gasteiger partial charge in [-0.05, 0) is 30.7 Å². The molecule has 1 aromatic carbocycles. The SMILES string of the molecule is CCCCO/C=C/C(=O)c1ccc2ncccc2c1. The number of hydrogen-bond acceptors (Lipinski definition) is 3. The monoisotopic (exact) mass is 255 g/mol. The molecule has 1 heterocycles. The van der Waals surface area contributed by atoms with Gasteiger partial charge >= 0.3 is 0 Å². The summed E-state index contributed by atoms with van der Waals surface area (Å²) < 4.78 is 5.24. The van der Waals surface area contributed by atoms with E-state index in [1.165, 1.54) is 12.3 Å². The van der Waals surface area contributed by atoms with Gasteiger partial charge in [0.1, 0.15) is 0 Å². The smallest absolute Gasteiger partial charge is 0.188 e. The van der Waals surface area contributed by atoms with E-state index in [0.29, 0.717) is 12.2 Å². The molecule has 0 fully saturated rings. The van der Waals surface area contributed by atoms with Crippen molar-refractivity contribution in [3.8, 4) is 0 Å². The van der Waals surface area contributed by atoms with Crippen molar-refractivity contribution in [1.29, 1.82) is 0 Å². The van der Waals surface area contributed by atoms with Crippen molar-refractivity contribution < 1.29 is 9.53 Å². The molecule has 0 bridgehead atoms. The second kappa shape index (κ2) is 6.69. The first kappa shape index (κ1) is 13.3. The fourth-order valence-electron chi connectivity index (χ4n) is 1.73. The highest BCUT2D eigenvalue weighted by molar-refractivity contribution is 6.06. The first-order chi connectivity index (χ1) is 9.31. The fourth-order valence-corrected chi connectivity index (χ4v) is 1.73. The molecule has 0 spiro atoms. The third kappa shape index (κ3) is 3.65. The third-order valence-corrected chi connectivity index (χ3v) is 2.82. The molecule has 0 aliphatic carbocycles. The van der Waals surface area contributed by atoms with Gasteiger partial charge in [-0.2, -0.15) is 0 Å². The minimum Gasteiger partial charge on any atom is -0.501 e. The summed E-state index contributed by atoms with van der Waals surface area (Å²) in [7, 11) is 0. The number of fused-ring (bicyclic) bond motifs is 1. The lowest BCUT2D eigenvalue weighted by Crippen LogP contribution is -1.95. The molecule has 2 aromatic rings. The van der Waals surface area contributed by atoms with E-state index < -0.39 is 0 Å². The van der Waals surface area contributed by atoms with Gasteiger partial charge in [0.05, 0.1) is 18.4 Å². The molecule has 3 nitrogen and oxygen atoms in total. The van der Waals surface area contributed by atoms with E-state index in [0.717, 1.165) is 23.7 Å². The summed E-state index contributed by atoms with van der Waals surface area (Å²) in [6.07, 6.45) is 6.77. The van der Waals surface area contributed by atoms with Crippen LogP contribution in [0, 0.1) is 0 Å². The Hall–Kier alpha value is -2.16. The van der Waals surface area contributed by atoms with Crippen LogP contribution in [-0.2, 0) is 4.74 Å². The number of nitrogens with zero attached hydrogens (tertiary/aromatic N) is 1. The number of carbonyl (C=O) groups excluding carboxylic acids is 1. The van der Waals surface area contributed by atoms with Crippen LogP contribution in [0.4, 0.5) is 0 Å². The minimum absolute atomic E-state index is 0.0535. The van der Waals surface area contributed by atoms with Gasteiger partial charge in [-0.1, -0.05) is 19.4 Å². The Labute approximate surface area is 112 Å². The number of rotatable bonds is 6. The molecule has 0 atom stereocenters. The summed E-state index contributed by atoms with van der Waals surface area (Å²) in [6, 6.07) is 9.30. The van der Waals surface area contributed by atoms with Crippen LogP contribution in [0.3, 0.4) is 0 Å². The van der Waals surface area contributed by atoms with Crippen LogP contribution in [0.2, 0.25) is 0 Å². The number of unbranched alkanes of at least 4 members (excludes halogenated alkanes) is 1. The number of carbonyl (C=O) groups is 1. The lowest BCUT2D eigenvalue weighted by atomic mass is 10.1. The number of hydrogen-bond donors (Lipinski definition) is 0. The van der Waals surface area contributed by atoms with E-state index in [1.807, 2.05) is 24.3 Å². The van der Waals surface area contributed by atoms with Crippen LogP contribution in [-0.4, -0.2) is 17.4 Å². The van der Waals surface area contributed by atoms with Crippen LogP contribution in [0.5, 0.6) is 0 Å². The van der Waals surface area contributed by atoms with E-state index >= 15 is 0 Å². The molecule has 2 rings (SSSR count). The summed E-state index contributed by atoms with van der Waals surface area (Å²) in [4.78, 5) is 16.2. The molecule has 19 heavy (non-hydrogen) atoms.